The van der Waals surface area contributed by atoms with Gasteiger partial charge in [-0.3, -0.25) is 0 Å². The van der Waals surface area contributed by atoms with Gasteiger partial charge in [-0.15, -0.1) is 0 Å². The van der Waals surface area contributed by atoms with E-state index in [1.54, 1.807) is 24.3 Å². The van der Waals surface area contributed by atoms with Gasteiger partial charge >= 0.3 is 0 Å². The highest BCUT2D eigenvalue weighted by atomic mass is 32.2. The van der Waals surface area contributed by atoms with Crippen molar-refractivity contribution in [3.63, 3.8) is 0 Å². The second kappa shape index (κ2) is 6.22. The summed E-state index contributed by atoms with van der Waals surface area (Å²) in [6, 6.07) is 16.1. The van der Waals surface area contributed by atoms with Crippen molar-refractivity contribution in [2.75, 3.05) is 0 Å². The molecule has 2 saturated carbocycles. The number of hydrogen-bond acceptors (Lipinski definition) is 3. The molecule has 2 aliphatic carbocycles. The molecule has 5 heteroatoms. The summed E-state index contributed by atoms with van der Waals surface area (Å²) in [5, 5.41) is 0. The maximum Gasteiger partial charge on any atom is 0.240 e. The molecule has 126 valence electrons. The fraction of sp³-hybridized carbons (Fsp3) is 0.368. The van der Waals surface area contributed by atoms with E-state index in [0.717, 1.165) is 18.6 Å². The van der Waals surface area contributed by atoms with Gasteiger partial charge in [0.1, 0.15) is 11.5 Å². The first-order chi connectivity index (χ1) is 11.6. The molecular weight excluding hydrogens is 322 g/mol. The second-order valence-electron chi connectivity index (χ2n) is 6.79. The fourth-order valence-electron chi connectivity index (χ4n) is 3.97. The number of rotatable bonds is 5. The lowest BCUT2D eigenvalue weighted by atomic mass is 9.96. The quantitative estimate of drug-likeness (QED) is 0.894. The van der Waals surface area contributed by atoms with Gasteiger partial charge in [0.05, 0.1) is 4.90 Å². The zero-order valence-corrected chi connectivity index (χ0v) is 14.2. The van der Waals surface area contributed by atoms with Crippen molar-refractivity contribution in [3.8, 4) is 11.5 Å². The van der Waals surface area contributed by atoms with Crippen LogP contribution in [-0.2, 0) is 10.0 Å². The predicted molar refractivity (Wildman–Crippen MR) is 92.5 cm³/mol. The van der Waals surface area contributed by atoms with Gasteiger partial charge in [0.2, 0.25) is 10.0 Å². The molecular formula is C19H21NO3S. The van der Waals surface area contributed by atoms with Crippen molar-refractivity contribution in [1.29, 1.82) is 0 Å². The van der Waals surface area contributed by atoms with Crippen LogP contribution in [0.15, 0.2) is 59.5 Å². The molecule has 4 rings (SSSR count). The van der Waals surface area contributed by atoms with E-state index < -0.39 is 10.0 Å². The normalized spacial score (nSPS) is 25.8. The summed E-state index contributed by atoms with van der Waals surface area (Å²) in [6.45, 7) is 0. The maximum atomic E-state index is 12.6. The number of nitrogens with one attached hydrogen (secondary N) is 1. The summed E-state index contributed by atoms with van der Waals surface area (Å²) in [4.78, 5) is 0.297. The number of benzene rings is 2. The predicted octanol–water partition coefficient (Wildman–Crippen LogP) is 3.95. The molecule has 4 nitrogen and oxygen atoms in total. The monoisotopic (exact) mass is 343 g/mol. The topological polar surface area (TPSA) is 55.4 Å². The maximum absolute atomic E-state index is 12.6. The highest BCUT2D eigenvalue weighted by Gasteiger charge is 2.41. The minimum absolute atomic E-state index is 0.106. The molecule has 0 aromatic heterocycles. The highest BCUT2D eigenvalue weighted by molar-refractivity contribution is 7.89. The summed E-state index contributed by atoms with van der Waals surface area (Å²) >= 11 is 0. The van der Waals surface area contributed by atoms with Crippen LogP contribution in [0, 0.1) is 11.8 Å². The van der Waals surface area contributed by atoms with Crippen molar-refractivity contribution < 1.29 is 13.2 Å². The summed E-state index contributed by atoms with van der Waals surface area (Å²) in [7, 11) is -3.46. The minimum atomic E-state index is -3.46. The third-order valence-corrected chi connectivity index (χ3v) is 6.66. The van der Waals surface area contributed by atoms with Crippen LogP contribution in [0.1, 0.15) is 25.7 Å². The molecule has 0 saturated heterocycles. The molecule has 2 aliphatic rings. The molecule has 1 N–H and O–H groups in total. The Morgan fingerprint density at radius 2 is 1.58 bits per heavy atom. The molecule has 0 radical (unpaired) electrons. The van der Waals surface area contributed by atoms with Gasteiger partial charge in [0.15, 0.2) is 0 Å². The van der Waals surface area contributed by atoms with Crippen molar-refractivity contribution in [2.24, 2.45) is 11.8 Å². The van der Waals surface area contributed by atoms with Gasteiger partial charge in [-0.25, -0.2) is 13.1 Å². The first-order valence-corrected chi connectivity index (χ1v) is 9.94. The van der Waals surface area contributed by atoms with Gasteiger partial charge in [0.25, 0.3) is 0 Å². The lowest BCUT2D eigenvalue weighted by Gasteiger charge is -2.22. The van der Waals surface area contributed by atoms with E-state index in [0.29, 0.717) is 22.5 Å². The van der Waals surface area contributed by atoms with Crippen LogP contribution in [0.25, 0.3) is 0 Å². The lowest BCUT2D eigenvalue weighted by Crippen LogP contribution is -2.38. The third-order valence-electron chi connectivity index (χ3n) is 5.16. The summed E-state index contributed by atoms with van der Waals surface area (Å²) in [5.41, 5.74) is 0. The zero-order valence-electron chi connectivity index (χ0n) is 13.4. The van der Waals surface area contributed by atoms with E-state index in [-0.39, 0.29) is 6.04 Å². The van der Waals surface area contributed by atoms with E-state index in [4.69, 9.17) is 4.74 Å². The minimum Gasteiger partial charge on any atom is -0.457 e. The lowest BCUT2D eigenvalue weighted by molar-refractivity contribution is 0.390. The van der Waals surface area contributed by atoms with E-state index >= 15 is 0 Å². The van der Waals surface area contributed by atoms with Crippen molar-refractivity contribution in [2.45, 2.75) is 36.6 Å². The van der Waals surface area contributed by atoms with Crippen LogP contribution in [0.3, 0.4) is 0 Å². The summed E-state index contributed by atoms with van der Waals surface area (Å²) in [6.07, 6.45) is 4.58. The van der Waals surface area contributed by atoms with Crippen molar-refractivity contribution >= 4 is 10.0 Å². The average Bonchev–Trinajstić information content (AvgIpc) is 3.19. The molecule has 2 aromatic rings. The second-order valence-corrected chi connectivity index (χ2v) is 8.50. The largest absolute Gasteiger partial charge is 0.457 e. The Balaban J connectivity index is 1.45. The molecule has 2 aromatic carbocycles. The first kappa shape index (κ1) is 15.7. The van der Waals surface area contributed by atoms with Gasteiger partial charge in [0, 0.05) is 6.04 Å². The van der Waals surface area contributed by atoms with Crippen LogP contribution in [0.5, 0.6) is 11.5 Å². The number of ether oxygens (including phenoxy) is 1. The number of fused-ring (bicyclic) bond motifs is 2. The van der Waals surface area contributed by atoms with E-state index in [2.05, 4.69) is 4.72 Å². The average molecular weight is 343 g/mol. The molecule has 2 bridgehead atoms. The third kappa shape index (κ3) is 3.19. The Hall–Kier alpha value is -1.85. The number of hydrogen-bond donors (Lipinski definition) is 1. The van der Waals surface area contributed by atoms with Gasteiger partial charge in [-0.1, -0.05) is 24.6 Å². The molecule has 0 unspecified atom stereocenters. The molecule has 24 heavy (non-hydrogen) atoms. The van der Waals surface area contributed by atoms with Crippen LogP contribution in [-0.4, -0.2) is 14.5 Å². The Kier molecular flexibility index (Phi) is 4.06. The summed E-state index contributed by atoms with van der Waals surface area (Å²) < 4.78 is 33.8. The van der Waals surface area contributed by atoms with Gasteiger partial charge in [-0.2, -0.15) is 0 Å². The number of para-hydroxylation sites is 1. The van der Waals surface area contributed by atoms with E-state index in [9.17, 15) is 8.42 Å². The highest BCUT2D eigenvalue weighted by Crippen LogP contribution is 2.44. The summed E-state index contributed by atoms with van der Waals surface area (Å²) in [5.74, 6) is 2.59. The fourth-order valence-corrected chi connectivity index (χ4v) is 5.29. The number of sulfonamides is 1. The van der Waals surface area contributed by atoms with Crippen LogP contribution in [0.4, 0.5) is 0 Å². The van der Waals surface area contributed by atoms with Crippen molar-refractivity contribution in [3.05, 3.63) is 54.6 Å². The van der Waals surface area contributed by atoms with Crippen LogP contribution in [0.2, 0.25) is 0 Å². The van der Waals surface area contributed by atoms with E-state index in [1.165, 1.54) is 12.8 Å². The molecule has 0 aliphatic heterocycles. The van der Waals surface area contributed by atoms with Crippen LogP contribution < -0.4 is 9.46 Å². The smallest absolute Gasteiger partial charge is 0.240 e. The standard InChI is InChI=1S/C19H21NO3S/c21-24(22,20-19-13-14-6-7-15(19)12-14)18-10-8-17(9-11-18)23-16-4-2-1-3-5-16/h1-5,8-11,14-15,19-20H,6-7,12-13H2/t14-,15+,19+/m0/s1. The molecule has 0 amide bonds. The Morgan fingerprint density at radius 1 is 0.875 bits per heavy atom. The molecule has 2 fully saturated rings. The Labute approximate surface area is 142 Å². The first-order valence-electron chi connectivity index (χ1n) is 8.45. The van der Waals surface area contributed by atoms with E-state index in [1.807, 2.05) is 30.3 Å². The zero-order chi connectivity index (χ0) is 16.6. The van der Waals surface area contributed by atoms with Crippen molar-refractivity contribution in [1.82, 2.24) is 4.72 Å². The van der Waals surface area contributed by atoms with Crippen LogP contribution >= 0.6 is 0 Å². The molecule has 0 heterocycles. The Bertz CT molecular complexity index is 802. The van der Waals surface area contributed by atoms with Gasteiger partial charge in [-0.05, 0) is 67.5 Å². The molecule has 0 spiro atoms. The van der Waals surface area contributed by atoms with Gasteiger partial charge < -0.3 is 4.74 Å². The Morgan fingerprint density at radius 3 is 2.21 bits per heavy atom. The molecule has 3 atom stereocenters. The SMILES string of the molecule is O=S(=O)(N[C@@H]1C[C@H]2CC[C@@H]1C2)c1ccc(Oc2ccccc2)cc1.